The summed E-state index contributed by atoms with van der Waals surface area (Å²) in [6.07, 6.45) is 0. The van der Waals surface area contributed by atoms with Crippen molar-refractivity contribution in [2.75, 3.05) is 11.9 Å². The first kappa shape index (κ1) is 17.5. The Kier molecular flexibility index (Phi) is 4.79. The van der Waals surface area contributed by atoms with Crippen LogP contribution in [0, 0.1) is 0 Å². The molecule has 0 saturated carbocycles. The first-order valence-electron chi connectivity index (χ1n) is 8.28. The van der Waals surface area contributed by atoms with Crippen molar-refractivity contribution in [3.05, 3.63) is 64.5 Å². The minimum absolute atomic E-state index is 0.260. The van der Waals surface area contributed by atoms with Crippen LogP contribution in [-0.4, -0.2) is 27.1 Å². The summed E-state index contributed by atoms with van der Waals surface area (Å²) in [5.74, 6) is 0.711. The molecule has 0 aliphatic heterocycles. The van der Waals surface area contributed by atoms with Crippen LogP contribution in [0.2, 0.25) is 5.02 Å². The first-order valence-corrected chi connectivity index (χ1v) is 9.54. The number of amides is 1. The summed E-state index contributed by atoms with van der Waals surface area (Å²) >= 11 is 7.40. The number of carbonyl (C=O) groups excluding carboxylic acids is 1. The molecule has 27 heavy (non-hydrogen) atoms. The van der Waals surface area contributed by atoms with Crippen LogP contribution in [0.5, 0.6) is 5.75 Å². The second-order valence-corrected chi connectivity index (χ2v) is 6.94. The van der Waals surface area contributed by atoms with Gasteiger partial charge >= 0.3 is 0 Å². The molecule has 0 radical (unpaired) electrons. The fraction of sp³-hybridized carbons (Fsp3) is 0.105. The maximum Gasteiger partial charge on any atom is 0.258 e. The summed E-state index contributed by atoms with van der Waals surface area (Å²) in [4.78, 5) is 17.5. The summed E-state index contributed by atoms with van der Waals surface area (Å²) < 4.78 is 7.09. The van der Waals surface area contributed by atoms with E-state index in [-0.39, 0.29) is 11.9 Å². The highest BCUT2D eigenvalue weighted by Crippen LogP contribution is 2.27. The summed E-state index contributed by atoms with van der Waals surface area (Å²) in [5, 5.41) is 9.79. The number of ether oxygens (including phenoxy) is 1. The third-order valence-electron chi connectivity index (χ3n) is 3.87. The standard InChI is InChI=1S/C19H15ClN4O2S/c1-2-26-15-9-5-13(6-10-15)17(25)21-18-22-19-24(23-18)16(11-27-19)12-3-7-14(20)8-4-12/h3-11H,2H2,1H3,(H,21,23,25). The SMILES string of the molecule is CCOc1ccc(C(=O)Nc2nc3scc(-c4ccc(Cl)cc4)n3n2)cc1. The largest absolute Gasteiger partial charge is 0.494 e. The predicted octanol–water partition coefficient (Wildman–Crippen LogP) is 4.76. The van der Waals surface area contributed by atoms with Crippen molar-refractivity contribution in [1.82, 2.24) is 14.6 Å². The molecule has 1 N–H and O–H groups in total. The molecule has 0 saturated heterocycles. The molecule has 1 amide bonds. The molecule has 4 rings (SSSR count). The third kappa shape index (κ3) is 3.65. The number of nitrogens with zero attached hydrogens (tertiary/aromatic N) is 3. The Labute approximate surface area is 164 Å². The molecule has 0 aliphatic rings. The molecule has 0 spiro atoms. The maximum atomic E-state index is 12.4. The zero-order valence-electron chi connectivity index (χ0n) is 14.3. The van der Waals surface area contributed by atoms with Crippen LogP contribution in [0.3, 0.4) is 0 Å². The number of hydrogen-bond acceptors (Lipinski definition) is 5. The average Bonchev–Trinajstić information content (AvgIpc) is 3.23. The Hall–Kier alpha value is -2.90. The Bertz CT molecular complexity index is 1090. The van der Waals surface area contributed by atoms with Crippen LogP contribution < -0.4 is 10.1 Å². The van der Waals surface area contributed by atoms with Crippen molar-refractivity contribution in [1.29, 1.82) is 0 Å². The fourth-order valence-electron chi connectivity index (χ4n) is 2.60. The van der Waals surface area contributed by atoms with Gasteiger partial charge in [0.25, 0.3) is 11.9 Å². The number of anilines is 1. The lowest BCUT2D eigenvalue weighted by molar-refractivity contribution is 0.102. The monoisotopic (exact) mass is 398 g/mol. The topological polar surface area (TPSA) is 68.5 Å². The normalized spacial score (nSPS) is 10.9. The van der Waals surface area contributed by atoms with Gasteiger partial charge in [-0.15, -0.1) is 16.4 Å². The van der Waals surface area contributed by atoms with E-state index in [1.54, 1.807) is 28.8 Å². The van der Waals surface area contributed by atoms with Crippen LogP contribution >= 0.6 is 22.9 Å². The number of fused-ring (bicyclic) bond motifs is 1. The number of halogens is 1. The van der Waals surface area contributed by atoms with Gasteiger partial charge in [0.05, 0.1) is 12.3 Å². The summed E-state index contributed by atoms with van der Waals surface area (Å²) in [5.41, 5.74) is 2.37. The molecule has 2 heterocycles. The number of rotatable bonds is 5. The second kappa shape index (κ2) is 7.38. The highest BCUT2D eigenvalue weighted by atomic mass is 35.5. The highest BCUT2D eigenvalue weighted by molar-refractivity contribution is 7.15. The van der Waals surface area contributed by atoms with Crippen molar-refractivity contribution in [3.63, 3.8) is 0 Å². The molecule has 0 bridgehead atoms. The van der Waals surface area contributed by atoms with Gasteiger partial charge in [0.15, 0.2) is 0 Å². The number of thiazole rings is 1. The van der Waals surface area contributed by atoms with Gasteiger partial charge < -0.3 is 4.74 Å². The number of benzene rings is 2. The number of carbonyl (C=O) groups is 1. The smallest absolute Gasteiger partial charge is 0.258 e. The van der Waals surface area contributed by atoms with E-state index in [1.165, 1.54) is 11.3 Å². The molecule has 2 aromatic carbocycles. The van der Waals surface area contributed by atoms with Crippen LogP contribution in [-0.2, 0) is 0 Å². The van der Waals surface area contributed by atoms with Crippen LogP contribution in [0.1, 0.15) is 17.3 Å². The Morgan fingerprint density at radius 3 is 2.63 bits per heavy atom. The fourth-order valence-corrected chi connectivity index (χ4v) is 3.55. The lowest BCUT2D eigenvalue weighted by atomic mass is 10.2. The molecule has 136 valence electrons. The number of aromatic nitrogens is 3. The molecule has 0 fully saturated rings. The minimum Gasteiger partial charge on any atom is -0.494 e. The summed E-state index contributed by atoms with van der Waals surface area (Å²) in [6.45, 7) is 2.49. The van der Waals surface area contributed by atoms with E-state index in [0.29, 0.717) is 22.2 Å². The molecular formula is C19H15ClN4O2S. The quantitative estimate of drug-likeness (QED) is 0.526. The van der Waals surface area contributed by atoms with Gasteiger partial charge in [0, 0.05) is 21.5 Å². The molecule has 6 nitrogen and oxygen atoms in total. The predicted molar refractivity (Wildman–Crippen MR) is 107 cm³/mol. The van der Waals surface area contributed by atoms with E-state index in [9.17, 15) is 4.79 Å². The minimum atomic E-state index is -0.274. The van der Waals surface area contributed by atoms with Gasteiger partial charge in [0.1, 0.15) is 5.75 Å². The summed E-state index contributed by atoms with van der Waals surface area (Å²) in [6, 6.07) is 14.4. The molecule has 2 aromatic heterocycles. The van der Waals surface area contributed by atoms with Crippen LogP contribution in [0.4, 0.5) is 5.95 Å². The van der Waals surface area contributed by atoms with Gasteiger partial charge in [-0.2, -0.15) is 4.98 Å². The van der Waals surface area contributed by atoms with Gasteiger partial charge in [0.2, 0.25) is 4.96 Å². The van der Waals surface area contributed by atoms with Crippen molar-refractivity contribution < 1.29 is 9.53 Å². The van der Waals surface area contributed by atoms with Crippen LogP contribution in [0.25, 0.3) is 16.2 Å². The number of nitrogens with one attached hydrogen (secondary N) is 1. The second-order valence-electron chi connectivity index (χ2n) is 5.67. The van der Waals surface area contributed by atoms with Crippen LogP contribution in [0.15, 0.2) is 53.9 Å². The molecule has 8 heteroatoms. The lowest BCUT2D eigenvalue weighted by Gasteiger charge is -2.04. The molecule has 0 aliphatic carbocycles. The van der Waals surface area contributed by atoms with E-state index in [1.807, 2.05) is 36.6 Å². The molecule has 4 aromatic rings. The molecule has 0 atom stereocenters. The van der Waals surface area contributed by atoms with Gasteiger partial charge in [-0.25, -0.2) is 4.52 Å². The zero-order valence-corrected chi connectivity index (χ0v) is 15.9. The Morgan fingerprint density at radius 1 is 1.19 bits per heavy atom. The van der Waals surface area contributed by atoms with E-state index in [4.69, 9.17) is 16.3 Å². The zero-order chi connectivity index (χ0) is 18.8. The Morgan fingerprint density at radius 2 is 1.93 bits per heavy atom. The van der Waals surface area contributed by atoms with E-state index in [2.05, 4.69) is 15.4 Å². The van der Waals surface area contributed by atoms with E-state index < -0.39 is 0 Å². The van der Waals surface area contributed by atoms with Gasteiger partial charge in [-0.1, -0.05) is 23.7 Å². The van der Waals surface area contributed by atoms with Crippen molar-refractivity contribution in [2.45, 2.75) is 6.92 Å². The van der Waals surface area contributed by atoms with Gasteiger partial charge in [-0.3, -0.25) is 10.1 Å². The highest BCUT2D eigenvalue weighted by Gasteiger charge is 2.14. The van der Waals surface area contributed by atoms with Crippen molar-refractivity contribution >= 4 is 39.8 Å². The van der Waals surface area contributed by atoms with E-state index >= 15 is 0 Å². The number of hydrogen-bond donors (Lipinski definition) is 1. The Balaban J connectivity index is 1.56. The summed E-state index contributed by atoms with van der Waals surface area (Å²) in [7, 11) is 0. The van der Waals surface area contributed by atoms with E-state index in [0.717, 1.165) is 17.0 Å². The molecular weight excluding hydrogens is 384 g/mol. The molecule has 0 unspecified atom stereocenters. The lowest BCUT2D eigenvalue weighted by Crippen LogP contribution is -2.13. The third-order valence-corrected chi connectivity index (χ3v) is 4.94. The first-order chi connectivity index (χ1) is 13.1. The van der Waals surface area contributed by atoms with Crippen molar-refractivity contribution in [2.24, 2.45) is 0 Å². The maximum absolute atomic E-state index is 12.4. The van der Waals surface area contributed by atoms with Crippen molar-refractivity contribution in [3.8, 4) is 17.0 Å². The average molecular weight is 399 g/mol. The van der Waals surface area contributed by atoms with Gasteiger partial charge in [-0.05, 0) is 43.3 Å².